The SMILES string of the molecule is COC1=C(OC)C(=O)c2c(cccc2[S+]([O-])c2c(Cl)cccc2Cl)C1=O. The fourth-order valence-corrected chi connectivity index (χ4v) is 4.81. The standard InChI is InChI=1S/C18H12Cl2O5S/c1-24-16-14(21)9-5-3-8-12(13(9)15(22)17(16)25-2)26(23)18-10(19)6-4-7-11(18)20/h3-8H,1-2H3. The maximum Gasteiger partial charge on any atom is 0.237 e. The van der Waals surface area contributed by atoms with Gasteiger partial charge in [-0.1, -0.05) is 35.3 Å². The quantitative estimate of drug-likeness (QED) is 0.710. The van der Waals surface area contributed by atoms with Crippen molar-refractivity contribution in [2.75, 3.05) is 14.2 Å². The summed E-state index contributed by atoms with van der Waals surface area (Å²) >= 11 is 10.4. The molecule has 5 nitrogen and oxygen atoms in total. The number of carbonyl (C=O) groups is 2. The molecule has 0 aliphatic heterocycles. The van der Waals surface area contributed by atoms with E-state index in [2.05, 4.69) is 0 Å². The third-order valence-corrected chi connectivity index (χ3v) is 6.23. The molecule has 3 rings (SSSR count). The molecule has 0 fully saturated rings. The zero-order chi connectivity index (χ0) is 19.0. The maximum atomic E-state index is 13.1. The third kappa shape index (κ3) is 2.89. The predicted molar refractivity (Wildman–Crippen MR) is 97.3 cm³/mol. The molecule has 0 radical (unpaired) electrons. The second-order valence-electron chi connectivity index (χ2n) is 5.22. The van der Waals surface area contributed by atoms with Crippen molar-refractivity contribution in [3.63, 3.8) is 0 Å². The Hall–Kier alpha value is -1.99. The molecule has 2 aromatic rings. The van der Waals surface area contributed by atoms with Gasteiger partial charge in [-0.3, -0.25) is 9.59 Å². The Balaban J connectivity index is 2.23. The Morgan fingerprint density at radius 2 is 1.42 bits per heavy atom. The molecule has 0 spiro atoms. The maximum absolute atomic E-state index is 13.1. The van der Waals surface area contributed by atoms with Crippen molar-refractivity contribution in [2.45, 2.75) is 9.79 Å². The second kappa shape index (κ2) is 7.32. The highest BCUT2D eigenvalue weighted by molar-refractivity contribution is 7.91. The van der Waals surface area contributed by atoms with Crippen LogP contribution in [-0.4, -0.2) is 30.3 Å². The molecule has 0 saturated carbocycles. The lowest BCUT2D eigenvalue weighted by Gasteiger charge is -2.22. The Morgan fingerprint density at radius 3 is 2.00 bits per heavy atom. The molecule has 26 heavy (non-hydrogen) atoms. The van der Waals surface area contributed by atoms with Crippen LogP contribution in [0.15, 0.2) is 57.7 Å². The summed E-state index contributed by atoms with van der Waals surface area (Å²) < 4.78 is 23.2. The number of methoxy groups -OCH3 is 2. The molecular formula is C18H12Cl2O5S. The number of halogens is 2. The van der Waals surface area contributed by atoms with E-state index in [1.165, 1.54) is 32.4 Å². The molecule has 0 aromatic heterocycles. The molecule has 8 heteroatoms. The zero-order valence-corrected chi connectivity index (χ0v) is 16.0. The van der Waals surface area contributed by atoms with E-state index in [0.717, 1.165) is 0 Å². The van der Waals surface area contributed by atoms with Crippen LogP contribution in [0.25, 0.3) is 0 Å². The monoisotopic (exact) mass is 410 g/mol. The summed E-state index contributed by atoms with van der Waals surface area (Å²) in [6, 6.07) is 9.21. The number of hydrogen-bond acceptors (Lipinski definition) is 5. The van der Waals surface area contributed by atoms with Gasteiger partial charge in [0.25, 0.3) is 0 Å². The van der Waals surface area contributed by atoms with Gasteiger partial charge in [0, 0.05) is 16.7 Å². The summed E-state index contributed by atoms with van der Waals surface area (Å²) in [6.45, 7) is 0. The number of Topliss-reactive ketones (excluding diaryl/α,β-unsaturated/α-hetero) is 2. The lowest BCUT2D eigenvalue weighted by molar-refractivity contribution is 0.0826. The van der Waals surface area contributed by atoms with Gasteiger partial charge in [0.15, 0.2) is 9.79 Å². The topological polar surface area (TPSA) is 75.7 Å². The Labute approximate surface area is 162 Å². The van der Waals surface area contributed by atoms with Crippen molar-refractivity contribution in [3.05, 3.63) is 69.1 Å². The largest absolute Gasteiger partial charge is 0.606 e. The molecular weight excluding hydrogens is 399 g/mol. The van der Waals surface area contributed by atoms with Crippen LogP contribution in [0, 0.1) is 0 Å². The smallest absolute Gasteiger partial charge is 0.237 e. The third-order valence-electron chi connectivity index (χ3n) is 3.83. The van der Waals surface area contributed by atoms with E-state index in [4.69, 9.17) is 32.7 Å². The Bertz CT molecular complexity index is 934. The lowest BCUT2D eigenvalue weighted by atomic mass is 9.92. The van der Waals surface area contributed by atoms with E-state index >= 15 is 0 Å². The van der Waals surface area contributed by atoms with Crippen LogP contribution in [0.4, 0.5) is 0 Å². The molecule has 0 N–H and O–H groups in total. The number of allylic oxidation sites excluding steroid dienone is 2. The van der Waals surface area contributed by atoms with Crippen LogP contribution in [0.5, 0.6) is 0 Å². The van der Waals surface area contributed by atoms with Crippen molar-refractivity contribution < 1.29 is 23.6 Å². The first-order chi connectivity index (χ1) is 12.4. The minimum absolute atomic E-state index is 0.00975. The van der Waals surface area contributed by atoms with Gasteiger partial charge in [-0.25, -0.2) is 0 Å². The molecule has 1 aliphatic carbocycles. The summed E-state index contributed by atoms with van der Waals surface area (Å²) in [4.78, 5) is 25.8. The van der Waals surface area contributed by atoms with Crippen LogP contribution in [0.1, 0.15) is 20.7 Å². The summed E-state index contributed by atoms with van der Waals surface area (Å²) in [7, 11) is 2.53. The predicted octanol–water partition coefficient (Wildman–Crippen LogP) is 4.04. The van der Waals surface area contributed by atoms with E-state index in [9.17, 15) is 14.1 Å². The second-order valence-corrected chi connectivity index (χ2v) is 7.42. The normalized spacial score (nSPS) is 15.0. The van der Waals surface area contributed by atoms with Crippen molar-refractivity contribution >= 4 is 45.9 Å². The molecule has 1 unspecified atom stereocenters. The number of benzene rings is 2. The highest BCUT2D eigenvalue weighted by Crippen LogP contribution is 2.38. The van der Waals surface area contributed by atoms with Crippen LogP contribution >= 0.6 is 23.2 Å². The van der Waals surface area contributed by atoms with Crippen molar-refractivity contribution in [1.82, 2.24) is 0 Å². The fourth-order valence-electron chi connectivity index (χ4n) is 2.69. The molecule has 0 saturated heterocycles. The lowest BCUT2D eigenvalue weighted by Crippen LogP contribution is -2.26. The first-order valence-corrected chi connectivity index (χ1v) is 9.23. The number of ketones is 2. The van der Waals surface area contributed by atoms with Gasteiger partial charge >= 0.3 is 0 Å². The average Bonchev–Trinajstić information content (AvgIpc) is 2.63. The Kier molecular flexibility index (Phi) is 5.29. The number of hydrogen-bond donors (Lipinski definition) is 0. The van der Waals surface area contributed by atoms with Gasteiger partial charge in [-0.05, 0) is 24.3 Å². The summed E-state index contributed by atoms with van der Waals surface area (Å²) in [6.07, 6.45) is 0. The first kappa shape index (κ1) is 18.8. The molecule has 0 bridgehead atoms. The zero-order valence-electron chi connectivity index (χ0n) is 13.7. The number of fused-ring (bicyclic) bond motifs is 1. The van der Waals surface area contributed by atoms with Gasteiger partial charge in [-0.15, -0.1) is 0 Å². The molecule has 134 valence electrons. The summed E-state index contributed by atoms with van der Waals surface area (Å²) in [5.74, 6) is -1.54. The summed E-state index contributed by atoms with van der Waals surface area (Å²) in [5, 5.41) is 0.395. The number of rotatable bonds is 4. The molecule has 1 aliphatic rings. The van der Waals surface area contributed by atoms with Crippen LogP contribution in [0.3, 0.4) is 0 Å². The van der Waals surface area contributed by atoms with E-state index in [1.54, 1.807) is 18.2 Å². The van der Waals surface area contributed by atoms with E-state index < -0.39 is 22.7 Å². The minimum Gasteiger partial charge on any atom is -0.606 e. The average molecular weight is 411 g/mol. The van der Waals surface area contributed by atoms with E-state index in [1.807, 2.05) is 0 Å². The van der Waals surface area contributed by atoms with Crippen LogP contribution in [0.2, 0.25) is 10.0 Å². The molecule has 1 atom stereocenters. The minimum atomic E-state index is -1.88. The van der Waals surface area contributed by atoms with Crippen LogP contribution < -0.4 is 0 Å². The van der Waals surface area contributed by atoms with Crippen LogP contribution in [-0.2, 0) is 20.6 Å². The van der Waals surface area contributed by atoms with Gasteiger partial charge in [0.05, 0.1) is 29.8 Å². The number of carbonyl (C=O) groups excluding carboxylic acids is 2. The molecule has 0 heterocycles. The van der Waals surface area contributed by atoms with E-state index in [-0.39, 0.29) is 42.5 Å². The van der Waals surface area contributed by atoms with Gasteiger partial charge < -0.3 is 14.0 Å². The highest BCUT2D eigenvalue weighted by atomic mass is 35.5. The van der Waals surface area contributed by atoms with Crippen molar-refractivity contribution in [1.29, 1.82) is 0 Å². The van der Waals surface area contributed by atoms with Crippen molar-refractivity contribution in [2.24, 2.45) is 0 Å². The Morgan fingerprint density at radius 1 is 0.885 bits per heavy atom. The van der Waals surface area contributed by atoms with Gasteiger partial charge in [-0.2, -0.15) is 0 Å². The van der Waals surface area contributed by atoms with Gasteiger partial charge in [0.2, 0.25) is 23.1 Å². The van der Waals surface area contributed by atoms with Gasteiger partial charge in [0.1, 0.15) is 0 Å². The summed E-state index contributed by atoms with van der Waals surface area (Å²) in [5.41, 5.74) is 0.0751. The molecule has 0 amide bonds. The first-order valence-electron chi connectivity index (χ1n) is 7.32. The number of ether oxygens (including phenoxy) is 2. The van der Waals surface area contributed by atoms with Crippen molar-refractivity contribution in [3.8, 4) is 0 Å². The highest BCUT2D eigenvalue weighted by Gasteiger charge is 2.40. The van der Waals surface area contributed by atoms with E-state index in [0.29, 0.717) is 0 Å². The molecule has 2 aromatic carbocycles. The fraction of sp³-hybridized carbons (Fsp3) is 0.111.